The van der Waals surface area contributed by atoms with Crippen molar-refractivity contribution in [3.05, 3.63) is 67.0 Å². The van der Waals surface area contributed by atoms with Gasteiger partial charge in [0.2, 0.25) is 5.82 Å². The Morgan fingerprint density at radius 2 is 1.64 bits per heavy atom. The highest BCUT2D eigenvalue weighted by atomic mass is 15.5. The first-order chi connectivity index (χ1) is 10.9. The van der Waals surface area contributed by atoms with Crippen LogP contribution in [0.1, 0.15) is 0 Å². The minimum absolute atomic E-state index is 0.600. The smallest absolute Gasteiger partial charge is 0.205 e. The van der Waals surface area contributed by atoms with Gasteiger partial charge in [0.1, 0.15) is 0 Å². The number of benzene rings is 2. The summed E-state index contributed by atoms with van der Waals surface area (Å²) in [5.74, 6) is 0.600. The van der Waals surface area contributed by atoms with Crippen molar-refractivity contribution < 1.29 is 0 Å². The Bertz CT molecular complexity index is 879. The molecule has 0 radical (unpaired) electrons. The third kappa shape index (κ3) is 2.18. The number of nitrogens with zero attached hydrogens (tertiary/aromatic N) is 3. The summed E-state index contributed by atoms with van der Waals surface area (Å²) in [6.45, 7) is 0. The van der Waals surface area contributed by atoms with Crippen LogP contribution in [0.15, 0.2) is 67.0 Å². The Hall–Kier alpha value is -3.21. The molecule has 0 aliphatic rings. The van der Waals surface area contributed by atoms with Crippen molar-refractivity contribution in [3.8, 4) is 33.6 Å². The molecular formula is C17H13N5. The lowest BCUT2D eigenvalue weighted by molar-refractivity contribution is 0.881. The van der Waals surface area contributed by atoms with Crippen LogP contribution in [0, 0.1) is 0 Å². The number of H-pyrrole nitrogens is 2. The van der Waals surface area contributed by atoms with Crippen LogP contribution in [-0.2, 0) is 0 Å². The van der Waals surface area contributed by atoms with Gasteiger partial charge in [0.25, 0.3) is 0 Å². The van der Waals surface area contributed by atoms with Gasteiger partial charge >= 0.3 is 0 Å². The third-order valence-corrected chi connectivity index (χ3v) is 3.62. The molecule has 2 aromatic carbocycles. The normalized spacial score (nSPS) is 10.7. The van der Waals surface area contributed by atoms with Crippen LogP contribution in [0.2, 0.25) is 0 Å². The number of hydrogen-bond donors (Lipinski definition) is 2. The lowest BCUT2D eigenvalue weighted by Crippen LogP contribution is -1.87. The van der Waals surface area contributed by atoms with Crippen molar-refractivity contribution in [2.75, 3.05) is 0 Å². The number of hydrogen-bond acceptors (Lipinski definition) is 3. The number of rotatable bonds is 3. The topological polar surface area (TPSA) is 70.2 Å². The molecule has 0 amide bonds. The average molecular weight is 287 g/mol. The van der Waals surface area contributed by atoms with E-state index in [1.54, 1.807) is 0 Å². The average Bonchev–Trinajstić information content (AvgIpc) is 3.28. The number of aromatic amines is 2. The summed E-state index contributed by atoms with van der Waals surface area (Å²) in [5, 5.41) is 14.3. The number of tetrazole rings is 1. The summed E-state index contributed by atoms with van der Waals surface area (Å²) in [5.41, 5.74) is 5.50. The van der Waals surface area contributed by atoms with Crippen LogP contribution in [0.3, 0.4) is 0 Å². The minimum atomic E-state index is 0.600. The first-order valence-electron chi connectivity index (χ1n) is 6.98. The van der Waals surface area contributed by atoms with Crippen molar-refractivity contribution in [2.24, 2.45) is 0 Å². The molecule has 0 aliphatic carbocycles. The lowest BCUT2D eigenvalue weighted by Gasteiger charge is -2.08. The fourth-order valence-electron chi connectivity index (χ4n) is 2.58. The van der Waals surface area contributed by atoms with Gasteiger partial charge in [-0.25, -0.2) is 0 Å². The van der Waals surface area contributed by atoms with Crippen LogP contribution >= 0.6 is 0 Å². The van der Waals surface area contributed by atoms with E-state index in [4.69, 9.17) is 0 Å². The SMILES string of the molecule is c1cc(-c2cc[nH]c2)cc(-c2ccccc2-c2nn[nH]n2)c1. The molecule has 4 rings (SSSR count). The second kappa shape index (κ2) is 5.29. The first-order valence-corrected chi connectivity index (χ1v) is 6.98. The second-order valence-electron chi connectivity index (χ2n) is 4.96. The van der Waals surface area contributed by atoms with E-state index in [1.165, 1.54) is 11.1 Å². The summed E-state index contributed by atoms with van der Waals surface area (Å²) in [4.78, 5) is 3.09. The molecule has 0 spiro atoms. The number of aromatic nitrogens is 5. The molecule has 5 nitrogen and oxygen atoms in total. The maximum absolute atomic E-state index is 4.09. The van der Waals surface area contributed by atoms with Gasteiger partial charge in [-0.3, -0.25) is 0 Å². The van der Waals surface area contributed by atoms with Crippen molar-refractivity contribution in [2.45, 2.75) is 0 Å². The van der Waals surface area contributed by atoms with Gasteiger partial charge in [-0.2, -0.15) is 5.21 Å². The van der Waals surface area contributed by atoms with Gasteiger partial charge in [0.15, 0.2) is 0 Å². The first kappa shape index (κ1) is 12.5. The third-order valence-electron chi connectivity index (χ3n) is 3.62. The van der Waals surface area contributed by atoms with Gasteiger partial charge in [-0.05, 0) is 39.6 Å². The Morgan fingerprint density at radius 3 is 2.41 bits per heavy atom. The molecule has 0 atom stereocenters. The van der Waals surface area contributed by atoms with Crippen LogP contribution in [0.5, 0.6) is 0 Å². The Morgan fingerprint density at radius 1 is 0.773 bits per heavy atom. The summed E-state index contributed by atoms with van der Waals surface area (Å²) in [6.07, 6.45) is 3.92. The summed E-state index contributed by atoms with van der Waals surface area (Å²) in [7, 11) is 0. The Kier molecular flexibility index (Phi) is 3.01. The van der Waals surface area contributed by atoms with Gasteiger partial charge in [-0.1, -0.05) is 42.5 Å². The van der Waals surface area contributed by atoms with Crippen LogP contribution in [0.4, 0.5) is 0 Å². The fourth-order valence-corrected chi connectivity index (χ4v) is 2.58. The predicted octanol–water partition coefficient (Wildman–Crippen LogP) is 3.53. The largest absolute Gasteiger partial charge is 0.367 e. The van der Waals surface area contributed by atoms with Gasteiger partial charge < -0.3 is 4.98 Å². The van der Waals surface area contributed by atoms with Crippen LogP contribution in [0.25, 0.3) is 33.6 Å². The molecule has 5 heteroatoms. The lowest BCUT2D eigenvalue weighted by atomic mass is 9.96. The van der Waals surface area contributed by atoms with E-state index in [0.717, 1.165) is 16.7 Å². The zero-order chi connectivity index (χ0) is 14.8. The molecule has 22 heavy (non-hydrogen) atoms. The zero-order valence-corrected chi connectivity index (χ0v) is 11.7. The molecule has 2 aromatic heterocycles. The number of nitrogens with one attached hydrogen (secondary N) is 2. The molecule has 0 aliphatic heterocycles. The van der Waals surface area contributed by atoms with E-state index in [1.807, 2.05) is 30.6 Å². The van der Waals surface area contributed by atoms with Gasteiger partial charge in [-0.15, -0.1) is 10.2 Å². The molecule has 0 saturated heterocycles. The Labute approximate surface area is 127 Å². The molecule has 2 heterocycles. The van der Waals surface area contributed by atoms with E-state index >= 15 is 0 Å². The van der Waals surface area contributed by atoms with Crippen molar-refractivity contribution in [1.82, 2.24) is 25.6 Å². The highest BCUT2D eigenvalue weighted by molar-refractivity contribution is 5.82. The molecule has 0 fully saturated rings. The van der Waals surface area contributed by atoms with E-state index in [2.05, 4.69) is 62.0 Å². The van der Waals surface area contributed by atoms with E-state index in [-0.39, 0.29) is 0 Å². The zero-order valence-electron chi connectivity index (χ0n) is 11.7. The summed E-state index contributed by atoms with van der Waals surface area (Å²) < 4.78 is 0. The molecular weight excluding hydrogens is 274 g/mol. The van der Waals surface area contributed by atoms with E-state index in [0.29, 0.717) is 5.82 Å². The molecule has 0 unspecified atom stereocenters. The minimum Gasteiger partial charge on any atom is -0.367 e. The standard InChI is InChI=1S/C17H13N5/c1-2-7-16(17-19-21-22-20-17)15(6-1)13-5-3-4-12(10-13)14-8-9-18-11-14/h1-11,18H,(H,19,20,21,22). The summed E-state index contributed by atoms with van der Waals surface area (Å²) >= 11 is 0. The van der Waals surface area contributed by atoms with E-state index in [9.17, 15) is 0 Å². The maximum Gasteiger partial charge on any atom is 0.205 e. The monoisotopic (exact) mass is 287 g/mol. The van der Waals surface area contributed by atoms with Gasteiger partial charge in [0.05, 0.1) is 0 Å². The van der Waals surface area contributed by atoms with Crippen molar-refractivity contribution in [1.29, 1.82) is 0 Å². The molecule has 0 bridgehead atoms. The molecule has 4 aromatic rings. The Balaban J connectivity index is 1.85. The van der Waals surface area contributed by atoms with Gasteiger partial charge in [0, 0.05) is 18.0 Å². The van der Waals surface area contributed by atoms with E-state index < -0.39 is 0 Å². The van der Waals surface area contributed by atoms with Crippen LogP contribution in [-0.4, -0.2) is 25.6 Å². The highest BCUT2D eigenvalue weighted by Gasteiger charge is 2.11. The molecule has 2 N–H and O–H groups in total. The maximum atomic E-state index is 4.09. The second-order valence-corrected chi connectivity index (χ2v) is 4.96. The van der Waals surface area contributed by atoms with Crippen LogP contribution < -0.4 is 0 Å². The summed E-state index contributed by atoms with van der Waals surface area (Å²) in [6, 6.07) is 18.5. The fraction of sp³-hybridized carbons (Fsp3) is 0. The van der Waals surface area contributed by atoms with Crippen molar-refractivity contribution in [3.63, 3.8) is 0 Å². The quantitative estimate of drug-likeness (QED) is 0.605. The van der Waals surface area contributed by atoms with Crippen molar-refractivity contribution >= 4 is 0 Å². The highest BCUT2D eigenvalue weighted by Crippen LogP contribution is 2.32. The molecule has 0 saturated carbocycles. The molecule has 106 valence electrons. The predicted molar refractivity (Wildman–Crippen MR) is 84.8 cm³/mol.